The Morgan fingerprint density at radius 1 is 0.944 bits per heavy atom. The van der Waals surface area contributed by atoms with Gasteiger partial charge in [-0.25, -0.2) is 14.4 Å². The summed E-state index contributed by atoms with van der Waals surface area (Å²) < 4.78 is 0. The van der Waals surface area contributed by atoms with Gasteiger partial charge in [-0.3, -0.25) is 0 Å². The van der Waals surface area contributed by atoms with Crippen LogP contribution in [-0.4, -0.2) is 33.2 Å². The van der Waals surface area contributed by atoms with Gasteiger partial charge >= 0.3 is 17.9 Å². The quantitative estimate of drug-likeness (QED) is 0.683. The Labute approximate surface area is 102 Å². The van der Waals surface area contributed by atoms with Gasteiger partial charge in [0.25, 0.3) is 0 Å². The van der Waals surface area contributed by atoms with Gasteiger partial charge in [-0.1, -0.05) is 6.08 Å². The van der Waals surface area contributed by atoms with E-state index < -0.39 is 29.0 Å². The van der Waals surface area contributed by atoms with Crippen LogP contribution in [0.5, 0.6) is 0 Å². The van der Waals surface area contributed by atoms with Crippen LogP contribution in [0.4, 0.5) is 0 Å². The molecule has 94 valence electrons. The summed E-state index contributed by atoms with van der Waals surface area (Å²) in [5, 5.41) is 26.7. The first-order valence-corrected chi connectivity index (χ1v) is 4.86. The van der Waals surface area contributed by atoms with E-state index in [1.54, 1.807) is 0 Å². The van der Waals surface area contributed by atoms with Crippen LogP contribution in [0, 0.1) is 0 Å². The van der Waals surface area contributed by atoms with Gasteiger partial charge in [0.15, 0.2) is 0 Å². The molecular weight excluding hydrogens is 240 g/mol. The average molecular weight is 250 g/mol. The van der Waals surface area contributed by atoms with Gasteiger partial charge in [0.2, 0.25) is 0 Å². The first-order chi connectivity index (χ1) is 8.38. The lowest BCUT2D eigenvalue weighted by atomic mass is 9.96. The zero-order chi connectivity index (χ0) is 13.9. The van der Waals surface area contributed by atoms with Crippen molar-refractivity contribution in [2.45, 2.75) is 6.42 Å². The molecule has 0 spiro atoms. The molecule has 18 heavy (non-hydrogen) atoms. The Morgan fingerprint density at radius 3 is 1.78 bits per heavy atom. The summed E-state index contributed by atoms with van der Waals surface area (Å²) in [6.45, 7) is 3.43. The van der Waals surface area contributed by atoms with Gasteiger partial charge in [0.1, 0.15) is 0 Å². The van der Waals surface area contributed by atoms with E-state index in [1.165, 1.54) is 6.08 Å². The van der Waals surface area contributed by atoms with Crippen molar-refractivity contribution in [1.29, 1.82) is 0 Å². The van der Waals surface area contributed by atoms with Crippen LogP contribution in [0.3, 0.4) is 0 Å². The van der Waals surface area contributed by atoms with Crippen LogP contribution in [0.25, 0.3) is 0 Å². The van der Waals surface area contributed by atoms with E-state index in [4.69, 9.17) is 15.3 Å². The SMILES string of the molecule is C=CCc1cc(C(=O)O)c(C(=O)O)cc1C(=O)O. The Bertz CT molecular complexity index is 544. The first kappa shape index (κ1) is 13.4. The van der Waals surface area contributed by atoms with Crippen molar-refractivity contribution in [2.24, 2.45) is 0 Å². The fourth-order valence-electron chi connectivity index (χ4n) is 1.52. The molecule has 0 heterocycles. The number of carboxylic acid groups (broad SMARTS) is 3. The van der Waals surface area contributed by atoms with E-state index in [0.29, 0.717) is 0 Å². The molecule has 0 unspecified atom stereocenters. The largest absolute Gasteiger partial charge is 0.478 e. The topological polar surface area (TPSA) is 112 Å². The lowest BCUT2D eigenvalue weighted by Gasteiger charge is -2.08. The molecule has 0 aliphatic heterocycles. The Morgan fingerprint density at radius 2 is 1.39 bits per heavy atom. The summed E-state index contributed by atoms with van der Waals surface area (Å²) >= 11 is 0. The molecule has 3 N–H and O–H groups in total. The summed E-state index contributed by atoms with van der Waals surface area (Å²) in [6, 6.07) is 1.91. The molecule has 0 saturated heterocycles. The molecule has 6 nitrogen and oxygen atoms in total. The average Bonchev–Trinajstić information content (AvgIpc) is 2.28. The molecule has 6 heteroatoms. The van der Waals surface area contributed by atoms with Crippen molar-refractivity contribution in [3.63, 3.8) is 0 Å². The monoisotopic (exact) mass is 250 g/mol. The molecule has 0 aliphatic rings. The molecule has 0 aromatic heterocycles. The fraction of sp³-hybridized carbons (Fsp3) is 0.0833. The summed E-state index contributed by atoms with van der Waals surface area (Å²) in [4.78, 5) is 32.8. The van der Waals surface area contributed by atoms with Gasteiger partial charge in [-0.15, -0.1) is 6.58 Å². The van der Waals surface area contributed by atoms with Crippen LogP contribution in [-0.2, 0) is 6.42 Å². The number of allylic oxidation sites excluding steroid dienone is 1. The summed E-state index contributed by atoms with van der Waals surface area (Å²) in [7, 11) is 0. The first-order valence-electron chi connectivity index (χ1n) is 4.86. The second-order valence-corrected chi connectivity index (χ2v) is 3.46. The third-order valence-electron chi connectivity index (χ3n) is 2.30. The molecule has 0 bridgehead atoms. The molecule has 0 radical (unpaired) electrons. The number of rotatable bonds is 5. The van der Waals surface area contributed by atoms with E-state index in [2.05, 4.69) is 6.58 Å². The highest BCUT2D eigenvalue weighted by Gasteiger charge is 2.21. The summed E-state index contributed by atoms with van der Waals surface area (Å²) in [5.74, 6) is -4.22. The molecule has 1 aromatic rings. The number of benzene rings is 1. The van der Waals surface area contributed by atoms with Crippen LogP contribution in [0.1, 0.15) is 36.6 Å². The maximum absolute atomic E-state index is 11.0. The predicted octanol–water partition coefficient (Wildman–Crippen LogP) is 1.51. The molecule has 1 rings (SSSR count). The minimum absolute atomic E-state index is 0.141. The highest BCUT2D eigenvalue weighted by atomic mass is 16.4. The lowest BCUT2D eigenvalue weighted by molar-refractivity contribution is 0.0649. The van der Waals surface area contributed by atoms with Crippen molar-refractivity contribution < 1.29 is 29.7 Å². The Kier molecular flexibility index (Phi) is 3.83. The number of hydrogen-bond donors (Lipinski definition) is 3. The minimum atomic E-state index is -1.49. The van der Waals surface area contributed by atoms with Crippen molar-refractivity contribution in [3.05, 3.63) is 47.0 Å². The van der Waals surface area contributed by atoms with Crippen LogP contribution in [0.2, 0.25) is 0 Å². The van der Waals surface area contributed by atoms with Gasteiger partial charge in [0.05, 0.1) is 16.7 Å². The second-order valence-electron chi connectivity index (χ2n) is 3.46. The van der Waals surface area contributed by atoms with Crippen molar-refractivity contribution in [3.8, 4) is 0 Å². The predicted molar refractivity (Wildman–Crippen MR) is 61.2 cm³/mol. The zero-order valence-electron chi connectivity index (χ0n) is 9.21. The maximum atomic E-state index is 11.0. The molecule has 0 amide bonds. The van der Waals surface area contributed by atoms with Crippen LogP contribution >= 0.6 is 0 Å². The van der Waals surface area contributed by atoms with Crippen molar-refractivity contribution >= 4 is 17.9 Å². The number of carboxylic acids is 3. The van der Waals surface area contributed by atoms with Gasteiger partial charge in [-0.2, -0.15) is 0 Å². The molecule has 0 atom stereocenters. The highest BCUT2D eigenvalue weighted by molar-refractivity contribution is 6.04. The van der Waals surface area contributed by atoms with Crippen LogP contribution < -0.4 is 0 Å². The lowest BCUT2D eigenvalue weighted by Crippen LogP contribution is -2.13. The van der Waals surface area contributed by atoms with Gasteiger partial charge in [0, 0.05) is 0 Å². The summed E-state index contributed by atoms with van der Waals surface area (Å²) in [6.07, 6.45) is 1.55. The zero-order valence-corrected chi connectivity index (χ0v) is 9.21. The molecule has 0 saturated carbocycles. The van der Waals surface area contributed by atoms with Crippen LogP contribution in [0.15, 0.2) is 24.8 Å². The number of carbonyl (C=O) groups is 3. The van der Waals surface area contributed by atoms with Gasteiger partial charge < -0.3 is 15.3 Å². The maximum Gasteiger partial charge on any atom is 0.336 e. The molecule has 1 aromatic carbocycles. The van der Waals surface area contributed by atoms with Crippen molar-refractivity contribution in [1.82, 2.24) is 0 Å². The summed E-state index contributed by atoms with van der Waals surface area (Å²) in [5.41, 5.74) is -1.02. The molecular formula is C12H10O6. The van der Waals surface area contributed by atoms with Gasteiger partial charge in [-0.05, 0) is 24.1 Å². The van der Waals surface area contributed by atoms with E-state index in [0.717, 1.165) is 12.1 Å². The molecule has 0 aliphatic carbocycles. The Balaban J connectivity index is 3.59. The van der Waals surface area contributed by atoms with E-state index in [9.17, 15) is 14.4 Å². The smallest absolute Gasteiger partial charge is 0.336 e. The van der Waals surface area contributed by atoms with E-state index in [1.807, 2.05) is 0 Å². The highest BCUT2D eigenvalue weighted by Crippen LogP contribution is 2.19. The Hall–Kier alpha value is -2.63. The van der Waals surface area contributed by atoms with E-state index in [-0.39, 0.29) is 17.5 Å². The molecule has 0 fully saturated rings. The van der Waals surface area contributed by atoms with E-state index >= 15 is 0 Å². The number of hydrogen-bond acceptors (Lipinski definition) is 3. The normalized spacial score (nSPS) is 9.78. The second kappa shape index (κ2) is 5.13. The fourth-order valence-corrected chi connectivity index (χ4v) is 1.52. The van der Waals surface area contributed by atoms with Crippen molar-refractivity contribution in [2.75, 3.05) is 0 Å². The standard InChI is InChI=1S/C12H10O6/c1-2-3-6-4-8(11(15)16)9(12(17)18)5-7(6)10(13)14/h2,4-5H,1,3H2,(H,13,14)(H,15,16)(H,17,18). The third kappa shape index (κ3) is 2.54. The minimum Gasteiger partial charge on any atom is -0.478 e. The third-order valence-corrected chi connectivity index (χ3v) is 2.30. The number of aromatic carboxylic acids is 3.